The van der Waals surface area contributed by atoms with E-state index in [1.807, 2.05) is 12.2 Å². The highest BCUT2D eigenvalue weighted by atomic mass is 35.5. The zero-order chi connectivity index (χ0) is 15.1. The van der Waals surface area contributed by atoms with Gasteiger partial charge in [-0.25, -0.2) is 0 Å². The van der Waals surface area contributed by atoms with E-state index in [1.54, 1.807) is 12.1 Å². The number of halogens is 2. The van der Waals surface area contributed by atoms with Gasteiger partial charge in [0.1, 0.15) is 0 Å². The number of benzene rings is 1. The molecular formula is C15H13Cl2NO3. The molecule has 2 N–H and O–H groups in total. The number of carboxylic acids is 1. The number of allylic oxidation sites excluding steroid dienone is 2. The van der Waals surface area contributed by atoms with E-state index < -0.39 is 17.8 Å². The predicted octanol–water partition coefficient (Wildman–Crippen LogP) is 3.45. The van der Waals surface area contributed by atoms with Gasteiger partial charge in [0.25, 0.3) is 0 Å². The monoisotopic (exact) mass is 325 g/mol. The molecule has 0 aromatic heterocycles. The molecule has 110 valence electrons. The number of rotatable bonds is 3. The van der Waals surface area contributed by atoms with Crippen molar-refractivity contribution in [3.8, 4) is 0 Å². The van der Waals surface area contributed by atoms with Crippen molar-refractivity contribution in [3.63, 3.8) is 0 Å². The fourth-order valence-electron chi connectivity index (χ4n) is 3.32. The predicted molar refractivity (Wildman–Crippen MR) is 80.4 cm³/mol. The molecule has 4 nitrogen and oxygen atoms in total. The lowest BCUT2D eigenvalue weighted by atomic mass is 9.82. The van der Waals surface area contributed by atoms with Crippen LogP contribution in [0.1, 0.15) is 6.42 Å². The first kappa shape index (κ1) is 14.4. The van der Waals surface area contributed by atoms with Gasteiger partial charge in [0.15, 0.2) is 0 Å². The van der Waals surface area contributed by atoms with E-state index in [4.69, 9.17) is 23.2 Å². The molecule has 0 heterocycles. The average molecular weight is 326 g/mol. The molecular weight excluding hydrogens is 313 g/mol. The van der Waals surface area contributed by atoms with Gasteiger partial charge in [0.2, 0.25) is 5.91 Å². The van der Waals surface area contributed by atoms with Crippen molar-refractivity contribution >= 4 is 40.8 Å². The Balaban J connectivity index is 1.82. The first-order chi connectivity index (χ1) is 9.97. The van der Waals surface area contributed by atoms with E-state index in [-0.39, 0.29) is 17.7 Å². The quantitative estimate of drug-likeness (QED) is 0.836. The number of anilines is 1. The number of amides is 1. The maximum atomic E-state index is 12.5. The Hall–Kier alpha value is -1.52. The zero-order valence-electron chi connectivity index (χ0n) is 10.9. The molecule has 0 spiro atoms. The summed E-state index contributed by atoms with van der Waals surface area (Å²) in [5, 5.41) is 12.9. The normalized spacial score (nSPS) is 29.6. The highest BCUT2D eigenvalue weighted by Crippen LogP contribution is 2.48. The van der Waals surface area contributed by atoms with Gasteiger partial charge in [-0.05, 0) is 36.5 Å². The summed E-state index contributed by atoms with van der Waals surface area (Å²) < 4.78 is 0. The number of fused-ring (bicyclic) bond motifs is 2. The summed E-state index contributed by atoms with van der Waals surface area (Å²) in [6.07, 6.45) is 4.57. The summed E-state index contributed by atoms with van der Waals surface area (Å²) in [6.45, 7) is 0. The first-order valence-corrected chi connectivity index (χ1v) is 7.40. The SMILES string of the molecule is O=C(Nc1ccc(Cl)cc1Cl)[C@@H]1[C@@H](C(=O)O)[C@H]2C=C[C@@H]1C2. The summed E-state index contributed by atoms with van der Waals surface area (Å²) >= 11 is 11.8. The Bertz CT molecular complexity index is 644. The van der Waals surface area contributed by atoms with Crippen molar-refractivity contribution < 1.29 is 14.7 Å². The molecule has 0 saturated heterocycles. The third kappa shape index (κ3) is 2.54. The molecule has 1 amide bonds. The molecule has 1 fully saturated rings. The molecule has 21 heavy (non-hydrogen) atoms. The first-order valence-electron chi connectivity index (χ1n) is 6.64. The Labute approximate surface area is 131 Å². The number of carbonyl (C=O) groups excluding carboxylic acids is 1. The third-order valence-corrected chi connectivity index (χ3v) is 4.78. The van der Waals surface area contributed by atoms with Gasteiger partial charge in [0.05, 0.1) is 22.5 Å². The van der Waals surface area contributed by atoms with Gasteiger partial charge in [0, 0.05) is 5.02 Å². The van der Waals surface area contributed by atoms with Gasteiger partial charge in [-0.1, -0.05) is 35.4 Å². The van der Waals surface area contributed by atoms with Crippen molar-refractivity contribution in [2.24, 2.45) is 23.7 Å². The lowest BCUT2D eigenvalue weighted by Crippen LogP contribution is -2.36. The molecule has 2 aliphatic carbocycles. The van der Waals surface area contributed by atoms with Crippen molar-refractivity contribution in [2.75, 3.05) is 5.32 Å². The third-order valence-electron chi connectivity index (χ3n) is 4.24. The van der Waals surface area contributed by atoms with Crippen LogP contribution in [0.5, 0.6) is 0 Å². The van der Waals surface area contributed by atoms with Gasteiger partial charge in [-0.2, -0.15) is 0 Å². The van der Waals surface area contributed by atoms with E-state index in [0.717, 1.165) is 6.42 Å². The number of carboxylic acid groups (broad SMARTS) is 1. The molecule has 0 radical (unpaired) electrons. The standard InChI is InChI=1S/C15H13Cl2NO3/c16-9-3-4-11(10(17)6-9)18-14(19)12-7-1-2-8(5-7)13(12)15(20)21/h1-4,6-8,12-13H,5H2,(H,18,19)(H,20,21)/t7-,8+,12+,13+/m1/s1. The fourth-order valence-corrected chi connectivity index (χ4v) is 3.78. The van der Waals surface area contributed by atoms with Crippen LogP contribution in [0.25, 0.3) is 0 Å². The number of nitrogens with one attached hydrogen (secondary N) is 1. The Morgan fingerprint density at radius 3 is 2.43 bits per heavy atom. The van der Waals surface area contributed by atoms with E-state index in [1.165, 1.54) is 6.07 Å². The maximum absolute atomic E-state index is 12.5. The molecule has 1 aromatic carbocycles. The van der Waals surface area contributed by atoms with Gasteiger partial charge >= 0.3 is 5.97 Å². The summed E-state index contributed by atoms with van der Waals surface area (Å²) in [6, 6.07) is 4.77. The van der Waals surface area contributed by atoms with E-state index >= 15 is 0 Å². The zero-order valence-corrected chi connectivity index (χ0v) is 12.4. The molecule has 0 unspecified atom stereocenters. The number of aliphatic carboxylic acids is 1. The topological polar surface area (TPSA) is 66.4 Å². The molecule has 3 rings (SSSR count). The second kappa shape index (κ2) is 5.35. The number of carbonyl (C=O) groups is 2. The maximum Gasteiger partial charge on any atom is 0.307 e. The van der Waals surface area contributed by atoms with Gasteiger partial charge in [-0.3, -0.25) is 9.59 Å². The van der Waals surface area contributed by atoms with Crippen LogP contribution < -0.4 is 5.32 Å². The summed E-state index contributed by atoms with van der Waals surface area (Å²) in [4.78, 5) is 23.9. The smallest absolute Gasteiger partial charge is 0.307 e. The fraction of sp³-hybridized carbons (Fsp3) is 0.333. The van der Waals surface area contributed by atoms with E-state index in [2.05, 4.69) is 5.32 Å². The van der Waals surface area contributed by atoms with Crippen molar-refractivity contribution in [1.29, 1.82) is 0 Å². The van der Waals surface area contributed by atoms with Crippen LogP contribution in [-0.2, 0) is 9.59 Å². The molecule has 6 heteroatoms. The van der Waals surface area contributed by atoms with Crippen LogP contribution in [0, 0.1) is 23.7 Å². The van der Waals surface area contributed by atoms with Gasteiger partial charge < -0.3 is 10.4 Å². The van der Waals surface area contributed by atoms with Crippen LogP contribution in [0.15, 0.2) is 30.4 Å². The number of hydrogen-bond donors (Lipinski definition) is 2. The Morgan fingerprint density at radius 1 is 1.14 bits per heavy atom. The summed E-state index contributed by atoms with van der Waals surface area (Å²) in [7, 11) is 0. The molecule has 0 aliphatic heterocycles. The van der Waals surface area contributed by atoms with Gasteiger partial charge in [-0.15, -0.1) is 0 Å². The van der Waals surface area contributed by atoms with Crippen LogP contribution in [0.3, 0.4) is 0 Å². The minimum absolute atomic E-state index is 0.0119. The Kier molecular flexibility index (Phi) is 3.68. The molecule has 1 aromatic rings. The second-order valence-corrected chi connectivity index (χ2v) is 6.30. The minimum atomic E-state index is -0.922. The lowest BCUT2D eigenvalue weighted by Gasteiger charge is -2.24. The highest BCUT2D eigenvalue weighted by molar-refractivity contribution is 6.36. The van der Waals surface area contributed by atoms with E-state index in [9.17, 15) is 14.7 Å². The van der Waals surface area contributed by atoms with Crippen LogP contribution >= 0.6 is 23.2 Å². The van der Waals surface area contributed by atoms with Crippen molar-refractivity contribution in [1.82, 2.24) is 0 Å². The average Bonchev–Trinajstić information content (AvgIpc) is 3.02. The lowest BCUT2D eigenvalue weighted by molar-refractivity contribution is -0.146. The van der Waals surface area contributed by atoms with E-state index in [0.29, 0.717) is 15.7 Å². The van der Waals surface area contributed by atoms with Crippen molar-refractivity contribution in [3.05, 3.63) is 40.4 Å². The number of hydrogen-bond acceptors (Lipinski definition) is 2. The Morgan fingerprint density at radius 2 is 1.81 bits per heavy atom. The molecule has 1 saturated carbocycles. The molecule has 2 bridgehead atoms. The van der Waals surface area contributed by atoms with Crippen LogP contribution in [-0.4, -0.2) is 17.0 Å². The molecule has 4 atom stereocenters. The van der Waals surface area contributed by atoms with Crippen LogP contribution in [0.2, 0.25) is 10.0 Å². The summed E-state index contributed by atoms with van der Waals surface area (Å²) in [5.41, 5.74) is 0.446. The molecule has 2 aliphatic rings. The highest BCUT2D eigenvalue weighted by Gasteiger charge is 2.51. The minimum Gasteiger partial charge on any atom is -0.481 e. The van der Waals surface area contributed by atoms with Crippen LogP contribution in [0.4, 0.5) is 5.69 Å². The largest absolute Gasteiger partial charge is 0.481 e. The van der Waals surface area contributed by atoms with Crippen molar-refractivity contribution in [2.45, 2.75) is 6.42 Å². The second-order valence-electron chi connectivity index (χ2n) is 5.45. The summed E-state index contributed by atoms with van der Waals surface area (Å²) in [5.74, 6) is -2.50.